The maximum Gasteiger partial charge on any atom is 0.325 e. The number of esters is 1. The van der Waals surface area contributed by atoms with Gasteiger partial charge in [0.05, 0.1) is 13.7 Å². The number of carbonyl (C=O) groups excluding carboxylic acids is 1. The van der Waals surface area contributed by atoms with Crippen LogP contribution in [-0.4, -0.2) is 19.1 Å². The highest BCUT2D eigenvalue weighted by molar-refractivity contribution is 5.75. The van der Waals surface area contributed by atoms with E-state index in [1.165, 1.54) is 7.11 Å². The van der Waals surface area contributed by atoms with Crippen molar-refractivity contribution in [1.82, 2.24) is 5.48 Å². The van der Waals surface area contributed by atoms with Crippen LogP contribution in [0.3, 0.4) is 0 Å². The Labute approximate surface area is 108 Å². The van der Waals surface area contributed by atoms with Gasteiger partial charge in [-0.1, -0.05) is 44.2 Å². The molecule has 0 aliphatic carbocycles. The summed E-state index contributed by atoms with van der Waals surface area (Å²) in [4.78, 5) is 16.9. The van der Waals surface area contributed by atoms with E-state index in [1.54, 1.807) is 0 Å². The Kier molecular flexibility index (Phi) is 6.39. The molecule has 1 rings (SSSR count). The molecule has 0 spiro atoms. The molecule has 1 N–H and O–H groups in total. The molecule has 1 aromatic rings. The Balaban J connectivity index is 2.40. The Hall–Kier alpha value is -1.39. The maximum absolute atomic E-state index is 11.5. The van der Waals surface area contributed by atoms with Crippen molar-refractivity contribution in [3.8, 4) is 0 Å². The molecule has 0 bridgehead atoms. The third kappa shape index (κ3) is 5.29. The van der Waals surface area contributed by atoms with E-state index in [2.05, 4.69) is 19.3 Å². The summed E-state index contributed by atoms with van der Waals surface area (Å²) >= 11 is 0. The van der Waals surface area contributed by atoms with Gasteiger partial charge in [0, 0.05) is 0 Å². The van der Waals surface area contributed by atoms with Crippen molar-refractivity contribution in [3.63, 3.8) is 0 Å². The predicted molar refractivity (Wildman–Crippen MR) is 69.6 cm³/mol. The number of benzene rings is 1. The van der Waals surface area contributed by atoms with Crippen LogP contribution in [0.15, 0.2) is 30.3 Å². The zero-order chi connectivity index (χ0) is 13.4. The third-order valence-electron chi connectivity index (χ3n) is 2.50. The lowest BCUT2D eigenvalue weighted by molar-refractivity contribution is -0.149. The van der Waals surface area contributed by atoms with E-state index in [9.17, 15) is 4.79 Å². The first kappa shape index (κ1) is 14.7. The van der Waals surface area contributed by atoms with Gasteiger partial charge in [-0.15, -0.1) is 0 Å². The molecule has 100 valence electrons. The van der Waals surface area contributed by atoms with E-state index in [0.29, 0.717) is 18.9 Å². The van der Waals surface area contributed by atoms with Crippen LogP contribution in [-0.2, 0) is 21.0 Å². The largest absolute Gasteiger partial charge is 0.468 e. The second-order valence-electron chi connectivity index (χ2n) is 4.60. The monoisotopic (exact) mass is 251 g/mol. The van der Waals surface area contributed by atoms with E-state index >= 15 is 0 Å². The Morgan fingerprint density at radius 1 is 1.28 bits per heavy atom. The van der Waals surface area contributed by atoms with E-state index in [1.807, 2.05) is 30.3 Å². The summed E-state index contributed by atoms with van der Waals surface area (Å²) in [6.45, 7) is 4.52. The normalized spacial score (nSPS) is 12.4. The van der Waals surface area contributed by atoms with Crippen molar-refractivity contribution in [1.29, 1.82) is 0 Å². The third-order valence-corrected chi connectivity index (χ3v) is 2.50. The van der Waals surface area contributed by atoms with Crippen LogP contribution in [0, 0.1) is 5.92 Å². The molecule has 0 radical (unpaired) electrons. The fraction of sp³-hybridized carbons (Fsp3) is 0.500. The van der Waals surface area contributed by atoms with Crippen molar-refractivity contribution in [2.45, 2.75) is 32.9 Å². The Morgan fingerprint density at radius 3 is 2.50 bits per heavy atom. The molecule has 0 unspecified atom stereocenters. The second kappa shape index (κ2) is 7.84. The van der Waals surface area contributed by atoms with Gasteiger partial charge in [-0.25, -0.2) is 0 Å². The van der Waals surface area contributed by atoms with E-state index < -0.39 is 6.04 Å². The number of carbonyl (C=O) groups is 1. The summed E-state index contributed by atoms with van der Waals surface area (Å²) < 4.78 is 4.73. The molecule has 1 atom stereocenters. The van der Waals surface area contributed by atoms with E-state index in [-0.39, 0.29) is 5.97 Å². The topological polar surface area (TPSA) is 47.6 Å². The number of ether oxygens (including phenoxy) is 1. The minimum absolute atomic E-state index is 0.295. The van der Waals surface area contributed by atoms with Crippen LogP contribution in [0.5, 0.6) is 0 Å². The average Bonchev–Trinajstić information content (AvgIpc) is 2.37. The summed E-state index contributed by atoms with van der Waals surface area (Å²) in [6, 6.07) is 9.37. The maximum atomic E-state index is 11.5. The molecule has 0 saturated heterocycles. The summed E-state index contributed by atoms with van der Waals surface area (Å²) in [7, 11) is 1.38. The predicted octanol–water partition coefficient (Wildman–Crippen LogP) is 2.30. The molecule has 0 heterocycles. The van der Waals surface area contributed by atoms with Crippen LogP contribution >= 0.6 is 0 Å². The van der Waals surface area contributed by atoms with Crippen molar-refractivity contribution in [2.24, 2.45) is 5.92 Å². The molecule has 18 heavy (non-hydrogen) atoms. The van der Waals surface area contributed by atoms with E-state index in [0.717, 1.165) is 5.56 Å². The van der Waals surface area contributed by atoms with Gasteiger partial charge in [0.25, 0.3) is 0 Å². The van der Waals surface area contributed by atoms with E-state index in [4.69, 9.17) is 9.57 Å². The van der Waals surface area contributed by atoms with Crippen molar-refractivity contribution < 1.29 is 14.4 Å². The Bertz CT molecular complexity index is 351. The lowest BCUT2D eigenvalue weighted by Gasteiger charge is -2.17. The van der Waals surface area contributed by atoms with Gasteiger partial charge in [-0.2, -0.15) is 5.48 Å². The minimum Gasteiger partial charge on any atom is -0.468 e. The molecular weight excluding hydrogens is 230 g/mol. The SMILES string of the molecule is COC(=O)[C@H](CC(C)C)NOCc1ccccc1. The highest BCUT2D eigenvalue weighted by Crippen LogP contribution is 2.07. The zero-order valence-electron chi connectivity index (χ0n) is 11.2. The standard InChI is InChI=1S/C14H21NO3/c1-11(2)9-13(14(16)17-3)15-18-10-12-7-5-4-6-8-12/h4-8,11,13,15H,9-10H2,1-3H3/t13-/m0/s1. The van der Waals surface area contributed by atoms with Crippen molar-refractivity contribution in [3.05, 3.63) is 35.9 Å². The molecule has 0 fully saturated rings. The first-order chi connectivity index (χ1) is 8.63. The average molecular weight is 251 g/mol. The smallest absolute Gasteiger partial charge is 0.325 e. The van der Waals surface area contributed by atoms with Gasteiger partial charge in [0.15, 0.2) is 0 Å². The molecule has 4 heteroatoms. The van der Waals surface area contributed by atoms with Crippen LogP contribution < -0.4 is 5.48 Å². The van der Waals surface area contributed by atoms with Gasteiger partial charge >= 0.3 is 5.97 Å². The number of hydrogen-bond donors (Lipinski definition) is 1. The fourth-order valence-electron chi connectivity index (χ4n) is 1.61. The molecule has 1 aromatic carbocycles. The van der Waals surface area contributed by atoms with Gasteiger partial charge < -0.3 is 4.74 Å². The molecule has 0 aliphatic heterocycles. The summed E-state index contributed by atoms with van der Waals surface area (Å²) in [5.41, 5.74) is 3.83. The number of rotatable bonds is 7. The summed E-state index contributed by atoms with van der Waals surface area (Å²) in [5.74, 6) is 0.0960. The van der Waals surface area contributed by atoms with Crippen molar-refractivity contribution in [2.75, 3.05) is 7.11 Å². The number of hydrogen-bond acceptors (Lipinski definition) is 4. The summed E-state index contributed by atoms with van der Waals surface area (Å²) in [5, 5.41) is 0. The lowest BCUT2D eigenvalue weighted by Crippen LogP contribution is -2.38. The molecule has 4 nitrogen and oxygen atoms in total. The van der Waals surface area contributed by atoms with Gasteiger partial charge in [-0.05, 0) is 17.9 Å². The number of methoxy groups -OCH3 is 1. The highest BCUT2D eigenvalue weighted by Gasteiger charge is 2.20. The fourth-order valence-corrected chi connectivity index (χ4v) is 1.61. The second-order valence-corrected chi connectivity index (χ2v) is 4.60. The quantitative estimate of drug-likeness (QED) is 0.596. The molecule has 0 aromatic heterocycles. The number of hydroxylamine groups is 1. The van der Waals surface area contributed by atoms with Gasteiger partial charge in [-0.3, -0.25) is 9.63 Å². The van der Waals surface area contributed by atoms with Crippen molar-refractivity contribution >= 4 is 5.97 Å². The number of nitrogens with one attached hydrogen (secondary N) is 1. The first-order valence-corrected chi connectivity index (χ1v) is 6.12. The highest BCUT2D eigenvalue weighted by atomic mass is 16.6. The minimum atomic E-state index is -0.418. The first-order valence-electron chi connectivity index (χ1n) is 6.12. The van der Waals surface area contributed by atoms with Crippen LogP contribution in [0.25, 0.3) is 0 Å². The lowest BCUT2D eigenvalue weighted by atomic mass is 10.0. The molecule has 0 saturated carbocycles. The molecule has 0 aliphatic rings. The molecular formula is C14H21NO3. The van der Waals surface area contributed by atoms with Crippen LogP contribution in [0.2, 0.25) is 0 Å². The summed E-state index contributed by atoms with van der Waals surface area (Å²) in [6.07, 6.45) is 0.682. The zero-order valence-corrected chi connectivity index (χ0v) is 11.2. The van der Waals surface area contributed by atoms with Gasteiger partial charge in [0.2, 0.25) is 0 Å². The Morgan fingerprint density at radius 2 is 1.94 bits per heavy atom. The van der Waals surface area contributed by atoms with Gasteiger partial charge in [0.1, 0.15) is 6.04 Å². The van der Waals surface area contributed by atoms with Crippen LogP contribution in [0.4, 0.5) is 0 Å². The molecule has 0 amide bonds. The van der Waals surface area contributed by atoms with Crippen LogP contribution in [0.1, 0.15) is 25.8 Å².